The molecule has 2 heterocycles. The molecule has 7 heteroatoms. The van der Waals surface area contributed by atoms with Gasteiger partial charge in [-0.3, -0.25) is 9.20 Å². The zero-order chi connectivity index (χ0) is 18.2. The monoisotopic (exact) mass is 377 g/mol. The van der Waals surface area contributed by atoms with Gasteiger partial charge in [0.2, 0.25) is 11.7 Å². The summed E-state index contributed by atoms with van der Waals surface area (Å²) >= 11 is 1.42. The Kier molecular flexibility index (Phi) is 4.09. The molecule has 0 bridgehead atoms. The molecule has 2 aromatic heterocycles. The van der Waals surface area contributed by atoms with Crippen LogP contribution in [0.1, 0.15) is 30.0 Å². The van der Waals surface area contributed by atoms with Crippen LogP contribution in [0.5, 0.6) is 0 Å². The molecule has 136 valence electrons. The number of thioether (sulfide) groups is 1. The molecule has 1 amide bonds. The molecule has 1 aliphatic carbocycles. The number of hydrogen-bond donors (Lipinski definition) is 2. The second-order valence-electron chi connectivity index (χ2n) is 6.77. The summed E-state index contributed by atoms with van der Waals surface area (Å²) in [7, 11) is 0. The number of rotatable bonds is 4. The fraction of sp³-hybridized carbons (Fsp3) is 0.250. The van der Waals surface area contributed by atoms with Crippen LogP contribution in [-0.4, -0.2) is 31.2 Å². The highest BCUT2D eigenvalue weighted by atomic mass is 32.2. The van der Waals surface area contributed by atoms with Crippen LogP contribution in [0.4, 0.5) is 0 Å². The van der Waals surface area contributed by atoms with Crippen molar-refractivity contribution < 1.29 is 4.79 Å². The Hall–Kier alpha value is -2.80. The zero-order valence-electron chi connectivity index (χ0n) is 14.7. The van der Waals surface area contributed by atoms with Crippen molar-refractivity contribution in [2.75, 3.05) is 5.75 Å². The van der Waals surface area contributed by atoms with Gasteiger partial charge in [-0.2, -0.15) is 0 Å². The summed E-state index contributed by atoms with van der Waals surface area (Å²) in [5.41, 5.74) is 4.51. The number of nitrogens with zero attached hydrogens (tertiary/aromatic N) is 3. The Morgan fingerprint density at radius 3 is 3.04 bits per heavy atom. The second kappa shape index (κ2) is 6.74. The highest BCUT2D eigenvalue weighted by Gasteiger charge is 2.22. The third-order valence-corrected chi connectivity index (χ3v) is 5.98. The first-order valence-corrected chi connectivity index (χ1v) is 10.1. The van der Waals surface area contributed by atoms with E-state index in [1.165, 1.54) is 22.9 Å². The maximum absolute atomic E-state index is 12.6. The van der Waals surface area contributed by atoms with Gasteiger partial charge in [-0.15, -0.1) is 5.10 Å². The zero-order valence-corrected chi connectivity index (χ0v) is 15.5. The van der Waals surface area contributed by atoms with E-state index in [0.29, 0.717) is 11.5 Å². The molecule has 1 atom stereocenters. The quantitative estimate of drug-likeness (QED) is 0.534. The number of aromatic nitrogens is 4. The van der Waals surface area contributed by atoms with Crippen LogP contribution in [-0.2, 0) is 11.2 Å². The normalized spacial score (nSPS) is 16.5. The number of imidazole rings is 1. The van der Waals surface area contributed by atoms with Crippen LogP contribution in [0.2, 0.25) is 0 Å². The van der Waals surface area contributed by atoms with Gasteiger partial charge < -0.3 is 5.32 Å². The standard InChI is InChI=1S/C20H19N5OS/c26-18(21-15-10-5-7-13-6-1-2-8-14(13)15)12-27-20-24-23-19-22-16-9-3-4-11-17(16)25(19)20/h1-4,6,8-9,11,15H,5,7,10,12H2,(H,21,26)(H,22,23)/t15-/m1/s1. The Bertz CT molecular complexity index is 1130. The lowest BCUT2D eigenvalue weighted by molar-refractivity contribution is -0.119. The average molecular weight is 377 g/mol. The third kappa shape index (κ3) is 2.98. The number of para-hydroxylation sites is 2. The van der Waals surface area contributed by atoms with E-state index in [4.69, 9.17) is 0 Å². The van der Waals surface area contributed by atoms with Crippen LogP contribution in [0, 0.1) is 0 Å². The molecule has 0 spiro atoms. The number of carbonyl (C=O) groups is 1. The Morgan fingerprint density at radius 1 is 1.22 bits per heavy atom. The van der Waals surface area contributed by atoms with E-state index < -0.39 is 0 Å². The minimum Gasteiger partial charge on any atom is -0.349 e. The maximum atomic E-state index is 12.6. The molecule has 2 aromatic carbocycles. The predicted molar refractivity (Wildman–Crippen MR) is 106 cm³/mol. The summed E-state index contributed by atoms with van der Waals surface area (Å²) in [6, 6.07) is 16.4. The molecular formula is C20H19N5OS. The topological polar surface area (TPSA) is 75.1 Å². The van der Waals surface area contributed by atoms with Gasteiger partial charge >= 0.3 is 0 Å². The van der Waals surface area contributed by atoms with Crippen molar-refractivity contribution in [3.05, 3.63) is 59.7 Å². The molecule has 0 unspecified atom stereocenters. The molecular weight excluding hydrogens is 358 g/mol. The van der Waals surface area contributed by atoms with Gasteiger partial charge in [0.25, 0.3) is 0 Å². The first kappa shape index (κ1) is 16.4. The third-order valence-electron chi connectivity index (χ3n) is 5.04. The molecule has 0 aliphatic heterocycles. The molecule has 0 saturated heterocycles. The van der Waals surface area contributed by atoms with Gasteiger partial charge in [-0.1, -0.05) is 48.2 Å². The number of benzene rings is 2. The molecule has 5 rings (SSSR count). The van der Waals surface area contributed by atoms with Crippen molar-refractivity contribution in [2.24, 2.45) is 0 Å². The molecule has 27 heavy (non-hydrogen) atoms. The van der Waals surface area contributed by atoms with E-state index in [0.717, 1.165) is 35.5 Å². The minimum absolute atomic E-state index is 0.0299. The summed E-state index contributed by atoms with van der Waals surface area (Å²) in [6.07, 6.45) is 3.19. The maximum Gasteiger partial charge on any atom is 0.231 e. The summed E-state index contributed by atoms with van der Waals surface area (Å²) in [5, 5.41) is 11.2. The largest absolute Gasteiger partial charge is 0.349 e. The van der Waals surface area contributed by atoms with Crippen LogP contribution in [0.15, 0.2) is 53.7 Å². The molecule has 0 fully saturated rings. The smallest absolute Gasteiger partial charge is 0.231 e. The fourth-order valence-corrected chi connectivity index (χ4v) is 4.58. The van der Waals surface area contributed by atoms with E-state index in [1.54, 1.807) is 0 Å². The van der Waals surface area contributed by atoms with E-state index in [9.17, 15) is 4.79 Å². The van der Waals surface area contributed by atoms with Gasteiger partial charge in [0.05, 0.1) is 22.8 Å². The van der Waals surface area contributed by atoms with E-state index in [2.05, 4.69) is 38.7 Å². The van der Waals surface area contributed by atoms with E-state index in [1.807, 2.05) is 34.7 Å². The van der Waals surface area contributed by atoms with Gasteiger partial charge in [0.15, 0.2) is 5.16 Å². The number of H-pyrrole nitrogens is 1. The van der Waals surface area contributed by atoms with Crippen molar-refractivity contribution >= 4 is 34.5 Å². The fourth-order valence-electron chi connectivity index (χ4n) is 3.81. The average Bonchev–Trinajstić information content (AvgIpc) is 3.26. The Balaban J connectivity index is 1.31. The van der Waals surface area contributed by atoms with Gasteiger partial charge in [-0.25, -0.2) is 10.1 Å². The van der Waals surface area contributed by atoms with Crippen LogP contribution in [0.25, 0.3) is 16.8 Å². The number of carbonyl (C=O) groups excluding carboxylic acids is 1. The number of amides is 1. The van der Waals surface area contributed by atoms with Crippen molar-refractivity contribution in [1.29, 1.82) is 0 Å². The minimum atomic E-state index is 0.0299. The number of aryl methyl sites for hydroxylation is 1. The summed E-state index contributed by atoms with van der Waals surface area (Å²) in [6.45, 7) is 0. The van der Waals surface area contributed by atoms with Crippen molar-refractivity contribution in [2.45, 2.75) is 30.5 Å². The van der Waals surface area contributed by atoms with E-state index >= 15 is 0 Å². The summed E-state index contributed by atoms with van der Waals surface area (Å²) in [4.78, 5) is 17.1. The van der Waals surface area contributed by atoms with Crippen LogP contribution < -0.4 is 5.32 Å². The highest BCUT2D eigenvalue weighted by Crippen LogP contribution is 2.29. The van der Waals surface area contributed by atoms with Gasteiger partial charge in [0, 0.05) is 0 Å². The highest BCUT2D eigenvalue weighted by molar-refractivity contribution is 7.99. The lowest BCUT2D eigenvalue weighted by Gasteiger charge is -2.26. The number of fused-ring (bicyclic) bond motifs is 4. The number of aromatic amines is 1. The Morgan fingerprint density at radius 2 is 2.07 bits per heavy atom. The molecule has 4 aromatic rings. The molecule has 0 radical (unpaired) electrons. The first-order valence-electron chi connectivity index (χ1n) is 9.11. The van der Waals surface area contributed by atoms with Crippen molar-refractivity contribution in [3.63, 3.8) is 0 Å². The van der Waals surface area contributed by atoms with Crippen molar-refractivity contribution in [3.8, 4) is 0 Å². The van der Waals surface area contributed by atoms with Crippen LogP contribution >= 0.6 is 11.8 Å². The lowest BCUT2D eigenvalue weighted by Crippen LogP contribution is -2.32. The predicted octanol–water partition coefficient (Wildman–Crippen LogP) is 3.50. The Labute approximate surface area is 160 Å². The van der Waals surface area contributed by atoms with Crippen molar-refractivity contribution in [1.82, 2.24) is 24.9 Å². The molecule has 2 N–H and O–H groups in total. The SMILES string of the molecule is O=C(CSc1n[nH]c2nc3ccccc3n12)N[C@@H]1CCCc2ccccc21. The summed E-state index contributed by atoms with van der Waals surface area (Å²) in [5.74, 6) is 1.05. The number of hydrogen-bond acceptors (Lipinski definition) is 4. The van der Waals surface area contributed by atoms with Gasteiger partial charge in [-0.05, 0) is 42.5 Å². The van der Waals surface area contributed by atoms with E-state index in [-0.39, 0.29) is 11.9 Å². The lowest BCUT2D eigenvalue weighted by atomic mass is 9.88. The number of nitrogens with one attached hydrogen (secondary N) is 2. The molecule has 6 nitrogen and oxygen atoms in total. The molecule has 0 saturated carbocycles. The first-order chi connectivity index (χ1) is 13.3. The summed E-state index contributed by atoms with van der Waals surface area (Å²) < 4.78 is 1.96. The second-order valence-corrected chi connectivity index (χ2v) is 7.71. The van der Waals surface area contributed by atoms with Gasteiger partial charge in [0.1, 0.15) is 0 Å². The van der Waals surface area contributed by atoms with Crippen LogP contribution in [0.3, 0.4) is 0 Å². The molecule has 1 aliphatic rings.